The van der Waals surface area contributed by atoms with Gasteiger partial charge in [0.1, 0.15) is 23.4 Å². The van der Waals surface area contributed by atoms with Crippen LogP contribution in [0, 0.1) is 5.82 Å². The van der Waals surface area contributed by atoms with Crippen LogP contribution in [-0.4, -0.2) is 67.5 Å². The van der Waals surface area contributed by atoms with Crippen molar-refractivity contribution in [3.8, 4) is 11.3 Å². The maximum absolute atomic E-state index is 15.1. The molecule has 5 rings (SSSR count). The van der Waals surface area contributed by atoms with E-state index in [0.29, 0.717) is 72.7 Å². The van der Waals surface area contributed by atoms with E-state index in [1.165, 1.54) is 19.2 Å². The highest BCUT2D eigenvalue weighted by atomic mass is 35.5. The normalized spacial score (nSPS) is 17.7. The zero-order valence-corrected chi connectivity index (χ0v) is 22.6. The number of hydrogen-bond donors (Lipinski definition) is 2. The molecule has 2 aliphatic rings. The quantitative estimate of drug-likeness (QED) is 0.255. The maximum Gasteiger partial charge on any atom is 0.217 e. The molecule has 0 radical (unpaired) electrons. The number of piperazine rings is 1. The number of benzene rings is 2. The summed E-state index contributed by atoms with van der Waals surface area (Å²) in [4.78, 5) is 20.3. The molecule has 3 aromatic rings. The van der Waals surface area contributed by atoms with Gasteiger partial charge in [-0.2, -0.15) is 5.10 Å². The van der Waals surface area contributed by atoms with E-state index in [1.807, 2.05) is 34.1 Å². The van der Waals surface area contributed by atoms with Gasteiger partial charge in [0.05, 0.1) is 24.2 Å². The summed E-state index contributed by atoms with van der Waals surface area (Å²) in [7, 11) is 0. The Labute approximate surface area is 235 Å². The Bertz CT molecular complexity index is 1450. The van der Waals surface area contributed by atoms with E-state index < -0.39 is 0 Å². The molecule has 1 unspecified atom stereocenters. The number of anilines is 1. The molecule has 1 amide bonds. The molecule has 0 spiro atoms. The van der Waals surface area contributed by atoms with Gasteiger partial charge < -0.3 is 30.1 Å². The number of halogens is 2. The minimum absolute atomic E-state index is 0.133. The molecule has 40 heavy (non-hydrogen) atoms. The van der Waals surface area contributed by atoms with Crippen LogP contribution < -0.4 is 16.0 Å². The first kappa shape index (κ1) is 27.2. The SMILES string of the molecule is CC(=O)NCC1CC(c2ccc(N3CCN(/C(N)=N/N=C\c4ccc(-c5ccc(Cl)cc5)o4)CC3)c(F)c2)=NO1. The van der Waals surface area contributed by atoms with Gasteiger partial charge in [0, 0.05) is 55.7 Å². The van der Waals surface area contributed by atoms with E-state index in [2.05, 4.69) is 20.7 Å². The van der Waals surface area contributed by atoms with Gasteiger partial charge in [-0.15, -0.1) is 5.10 Å². The third-order valence-corrected chi connectivity index (χ3v) is 6.89. The van der Waals surface area contributed by atoms with Crippen molar-refractivity contribution < 1.29 is 18.4 Å². The van der Waals surface area contributed by atoms with Crippen molar-refractivity contribution in [1.29, 1.82) is 0 Å². The fourth-order valence-electron chi connectivity index (χ4n) is 4.48. The minimum Gasteiger partial charge on any atom is -0.455 e. The van der Waals surface area contributed by atoms with Crippen molar-refractivity contribution in [3.63, 3.8) is 0 Å². The Balaban J connectivity index is 1.13. The molecule has 1 fully saturated rings. The van der Waals surface area contributed by atoms with Crippen molar-refractivity contribution in [2.45, 2.75) is 19.4 Å². The lowest BCUT2D eigenvalue weighted by Crippen LogP contribution is -2.51. The van der Waals surface area contributed by atoms with Crippen molar-refractivity contribution in [2.24, 2.45) is 21.1 Å². The average molecular weight is 566 g/mol. The Morgan fingerprint density at radius 1 is 1.15 bits per heavy atom. The van der Waals surface area contributed by atoms with E-state index in [-0.39, 0.29) is 23.8 Å². The number of carbonyl (C=O) groups excluding carboxylic acids is 1. The van der Waals surface area contributed by atoms with Crippen LogP contribution in [0.25, 0.3) is 11.3 Å². The molecule has 208 valence electrons. The monoisotopic (exact) mass is 565 g/mol. The van der Waals surface area contributed by atoms with E-state index in [1.54, 1.807) is 24.3 Å². The topological polar surface area (TPSA) is 121 Å². The van der Waals surface area contributed by atoms with Crippen LogP contribution in [0.2, 0.25) is 5.02 Å². The summed E-state index contributed by atoms with van der Waals surface area (Å²) < 4.78 is 20.8. The summed E-state index contributed by atoms with van der Waals surface area (Å²) in [6.45, 7) is 4.08. The van der Waals surface area contributed by atoms with Gasteiger partial charge in [-0.25, -0.2) is 4.39 Å². The highest BCUT2D eigenvalue weighted by Crippen LogP contribution is 2.25. The zero-order valence-electron chi connectivity index (χ0n) is 21.9. The second-order valence-corrected chi connectivity index (χ2v) is 9.90. The Morgan fingerprint density at radius 3 is 2.62 bits per heavy atom. The van der Waals surface area contributed by atoms with E-state index in [9.17, 15) is 4.79 Å². The number of guanidine groups is 1. The van der Waals surface area contributed by atoms with Crippen molar-refractivity contribution >= 4 is 41.1 Å². The van der Waals surface area contributed by atoms with Gasteiger partial charge in [-0.1, -0.05) is 22.8 Å². The predicted octanol–water partition coefficient (Wildman–Crippen LogP) is 3.84. The second kappa shape index (κ2) is 12.2. The fourth-order valence-corrected chi connectivity index (χ4v) is 4.61. The number of nitrogens with one attached hydrogen (secondary N) is 1. The molecule has 12 heteroatoms. The highest BCUT2D eigenvalue weighted by molar-refractivity contribution is 6.30. The lowest BCUT2D eigenvalue weighted by molar-refractivity contribution is -0.119. The van der Waals surface area contributed by atoms with Crippen LogP contribution in [0.3, 0.4) is 0 Å². The van der Waals surface area contributed by atoms with E-state index in [4.69, 9.17) is 26.6 Å². The molecular weight excluding hydrogens is 537 g/mol. The summed E-state index contributed by atoms with van der Waals surface area (Å²) in [5.41, 5.74) is 8.90. The third kappa shape index (κ3) is 6.60. The van der Waals surface area contributed by atoms with Crippen LogP contribution in [0.1, 0.15) is 24.7 Å². The lowest BCUT2D eigenvalue weighted by Gasteiger charge is -2.36. The predicted molar refractivity (Wildman–Crippen MR) is 153 cm³/mol. The van der Waals surface area contributed by atoms with Gasteiger partial charge in [0.15, 0.2) is 0 Å². The molecule has 1 saturated heterocycles. The molecule has 1 aromatic heterocycles. The summed E-state index contributed by atoms with van der Waals surface area (Å²) in [5, 5.41) is 15.6. The summed E-state index contributed by atoms with van der Waals surface area (Å²) in [5.74, 6) is 1.06. The van der Waals surface area contributed by atoms with Gasteiger partial charge >= 0.3 is 0 Å². The van der Waals surface area contributed by atoms with E-state index in [0.717, 1.165) is 5.56 Å². The van der Waals surface area contributed by atoms with Crippen molar-refractivity contribution in [2.75, 3.05) is 37.6 Å². The largest absolute Gasteiger partial charge is 0.455 e. The number of hydrogen-bond acceptors (Lipinski definition) is 7. The molecule has 3 N–H and O–H groups in total. The average Bonchev–Trinajstić information content (AvgIpc) is 3.63. The summed E-state index contributed by atoms with van der Waals surface area (Å²) >= 11 is 5.94. The smallest absolute Gasteiger partial charge is 0.217 e. The number of rotatable bonds is 7. The molecule has 0 bridgehead atoms. The van der Waals surface area contributed by atoms with Gasteiger partial charge in [0.25, 0.3) is 0 Å². The Hall–Kier alpha value is -4.38. The summed E-state index contributed by atoms with van der Waals surface area (Å²) in [6.07, 6.45) is 1.75. The molecule has 2 aliphatic heterocycles. The second-order valence-electron chi connectivity index (χ2n) is 9.46. The Morgan fingerprint density at radius 2 is 1.90 bits per heavy atom. The van der Waals surface area contributed by atoms with Gasteiger partial charge in [-0.05, 0) is 48.5 Å². The number of oxime groups is 1. The maximum atomic E-state index is 15.1. The van der Waals surface area contributed by atoms with E-state index >= 15 is 4.39 Å². The molecule has 0 saturated carbocycles. The Kier molecular flexibility index (Phi) is 8.30. The van der Waals surface area contributed by atoms with Gasteiger partial charge in [-0.3, -0.25) is 4.79 Å². The third-order valence-electron chi connectivity index (χ3n) is 6.64. The van der Waals surface area contributed by atoms with Crippen molar-refractivity contribution in [3.05, 3.63) is 76.8 Å². The fraction of sp³-hybridized carbons (Fsp3) is 0.286. The molecule has 2 aromatic carbocycles. The van der Waals surface area contributed by atoms with Gasteiger partial charge in [0.2, 0.25) is 11.9 Å². The summed E-state index contributed by atoms with van der Waals surface area (Å²) in [6, 6.07) is 16.1. The lowest BCUT2D eigenvalue weighted by atomic mass is 10.0. The zero-order chi connectivity index (χ0) is 28.1. The number of amides is 1. The molecule has 1 atom stereocenters. The molecule has 0 aliphatic carbocycles. The number of furan rings is 1. The number of nitrogens with zero attached hydrogens (tertiary/aromatic N) is 5. The minimum atomic E-state index is -0.332. The molecule has 3 heterocycles. The molecular formula is C28H29ClFN7O3. The van der Waals surface area contributed by atoms with Crippen LogP contribution in [0.5, 0.6) is 0 Å². The van der Waals surface area contributed by atoms with Crippen LogP contribution in [-0.2, 0) is 9.63 Å². The first-order valence-corrected chi connectivity index (χ1v) is 13.2. The number of carbonyl (C=O) groups is 1. The van der Waals surface area contributed by atoms with Crippen molar-refractivity contribution in [1.82, 2.24) is 10.2 Å². The molecule has 10 nitrogen and oxygen atoms in total. The van der Waals surface area contributed by atoms with Crippen LogP contribution >= 0.6 is 11.6 Å². The van der Waals surface area contributed by atoms with Crippen LogP contribution in [0.4, 0.5) is 10.1 Å². The first-order valence-electron chi connectivity index (χ1n) is 12.8. The first-order chi connectivity index (χ1) is 19.4. The highest BCUT2D eigenvalue weighted by Gasteiger charge is 2.25. The van der Waals surface area contributed by atoms with Crippen LogP contribution in [0.15, 0.2) is 74.4 Å². The number of nitrogens with two attached hydrogens (primary N) is 1. The standard InChI is InChI=1S/C28H29ClFN7O3/c1-18(38)32-16-23-15-25(35-40-23)20-4-8-26(24(30)14-20)36-10-12-37(13-11-36)28(31)34-33-17-22-7-9-27(39-22)19-2-5-21(29)6-3-19/h2-9,14,17,23H,10-13,15-16H2,1H3,(H2,31,34)(H,32,38)/b33-17-.